The molecule has 6 heteroatoms. The largest absolute Gasteiger partial charge is 0.353 e. The molecule has 5 nitrogen and oxygen atoms in total. The van der Waals surface area contributed by atoms with Crippen LogP contribution in [0.5, 0.6) is 0 Å². The Bertz CT molecular complexity index is 1370. The van der Waals surface area contributed by atoms with Gasteiger partial charge in [0.1, 0.15) is 17.0 Å². The topological polar surface area (TPSA) is 45.2 Å². The third-order valence-electron chi connectivity index (χ3n) is 6.22. The highest BCUT2D eigenvalue weighted by atomic mass is 32.1. The number of para-hydroxylation sites is 1. The summed E-state index contributed by atoms with van der Waals surface area (Å²) in [5, 5.41) is 4.59. The summed E-state index contributed by atoms with van der Waals surface area (Å²) < 4.78 is 0. The predicted octanol–water partition coefficient (Wildman–Crippen LogP) is 5.23. The zero-order chi connectivity index (χ0) is 21.3. The van der Waals surface area contributed by atoms with Crippen molar-refractivity contribution in [3.05, 3.63) is 84.1 Å². The Kier molecular flexibility index (Phi) is 5.02. The molecule has 0 amide bonds. The van der Waals surface area contributed by atoms with Crippen molar-refractivity contribution >= 4 is 38.3 Å². The van der Waals surface area contributed by atoms with Gasteiger partial charge in [0.25, 0.3) is 0 Å². The first-order valence-electron chi connectivity index (χ1n) is 10.9. The maximum absolute atomic E-state index is 4.73. The quantitative estimate of drug-likeness (QED) is 0.385. The molecule has 0 aliphatic carbocycles. The van der Waals surface area contributed by atoms with Crippen LogP contribution in [0.4, 0.5) is 5.82 Å². The maximum atomic E-state index is 4.73. The molecule has 5 aromatic rings. The zero-order valence-corrected chi connectivity index (χ0v) is 18.5. The molecule has 0 N–H and O–H groups in total. The van der Waals surface area contributed by atoms with E-state index in [-0.39, 0.29) is 0 Å². The van der Waals surface area contributed by atoms with Gasteiger partial charge in [-0.1, -0.05) is 54.6 Å². The van der Waals surface area contributed by atoms with Crippen LogP contribution in [0.3, 0.4) is 0 Å². The van der Waals surface area contributed by atoms with E-state index in [1.54, 1.807) is 17.7 Å². The van der Waals surface area contributed by atoms with Gasteiger partial charge in [-0.15, -0.1) is 11.3 Å². The summed E-state index contributed by atoms with van der Waals surface area (Å²) in [4.78, 5) is 19.9. The van der Waals surface area contributed by atoms with Crippen LogP contribution >= 0.6 is 11.3 Å². The van der Waals surface area contributed by atoms with Crippen LogP contribution < -0.4 is 4.90 Å². The van der Waals surface area contributed by atoms with Crippen molar-refractivity contribution in [3.63, 3.8) is 0 Å². The lowest BCUT2D eigenvalue weighted by Crippen LogP contribution is -2.46. The SMILES string of the molecule is c1ccc(-c2csc3ncnc(N4CCN(Cc5cccc6cccnc56)CC4)c23)cc1. The molecule has 1 aliphatic heterocycles. The Morgan fingerprint density at radius 1 is 0.812 bits per heavy atom. The maximum Gasteiger partial charge on any atom is 0.141 e. The number of pyridine rings is 1. The van der Waals surface area contributed by atoms with Gasteiger partial charge < -0.3 is 4.90 Å². The number of nitrogens with zero attached hydrogens (tertiary/aromatic N) is 5. The minimum atomic E-state index is 0.926. The third-order valence-corrected chi connectivity index (χ3v) is 7.10. The van der Waals surface area contributed by atoms with E-state index >= 15 is 0 Å². The second kappa shape index (κ2) is 8.30. The molecule has 3 aromatic heterocycles. The van der Waals surface area contributed by atoms with Gasteiger partial charge in [-0.2, -0.15) is 0 Å². The molecule has 0 atom stereocenters. The van der Waals surface area contributed by atoms with Crippen molar-refractivity contribution in [2.24, 2.45) is 0 Å². The van der Waals surface area contributed by atoms with Crippen LogP contribution in [0.15, 0.2) is 78.6 Å². The second-order valence-electron chi connectivity index (χ2n) is 8.15. The van der Waals surface area contributed by atoms with E-state index in [1.165, 1.54) is 27.5 Å². The molecule has 0 radical (unpaired) electrons. The number of anilines is 1. The van der Waals surface area contributed by atoms with Crippen molar-refractivity contribution in [2.45, 2.75) is 6.54 Å². The highest BCUT2D eigenvalue weighted by Gasteiger charge is 2.23. The van der Waals surface area contributed by atoms with Crippen molar-refractivity contribution in [1.29, 1.82) is 0 Å². The van der Waals surface area contributed by atoms with E-state index in [0.717, 1.165) is 48.9 Å². The molecule has 1 saturated heterocycles. The normalized spacial score (nSPS) is 14.9. The lowest BCUT2D eigenvalue weighted by molar-refractivity contribution is 0.250. The van der Waals surface area contributed by atoms with Gasteiger partial charge in [0.15, 0.2) is 0 Å². The fourth-order valence-corrected chi connectivity index (χ4v) is 5.49. The molecule has 0 unspecified atom stereocenters. The van der Waals surface area contributed by atoms with E-state index < -0.39 is 0 Å². The van der Waals surface area contributed by atoms with Gasteiger partial charge in [-0.3, -0.25) is 9.88 Å². The minimum Gasteiger partial charge on any atom is -0.353 e. The van der Waals surface area contributed by atoms with Gasteiger partial charge in [0.05, 0.1) is 10.9 Å². The van der Waals surface area contributed by atoms with Crippen LogP contribution in [0.25, 0.3) is 32.2 Å². The Hall–Kier alpha value is -3.35. The zero-order valence-electron chi connectivity index (χ0n) is 17.7. The Morgan fingerprint density at radius 3 is 2.53 bits per heavy atom. The van der Waals surface area contributed by atoms with E-state index in [4.69, 9.17) is 4.98 Å². The number of piperazine rings is 1. The highest BCUT2D eigenvalue weighted by Crippen LogP contribution is 2.38. The molecule has 0 saturated carbocycles. The molecule has 32 heavy (non-hydrogen) atoms. The van der Waals surface area contributed by atoms with Crippen LogP contribution in [0.1, 0.15) is 5.56 Å². The first kappa shape index (κ1) is 19.3. The second-order valence-corrected chi connectivity index (χ2v) is 9.01. The van der Waals surface area contributed by atoms with Crippen LogP contribution in [0, 0.1) is 0 Å². The van der Waals surface area contributed by atoms with Gasteiger partial charge in [-0.25, -0.2) is 9.97 Å². The number of aromatic nitrogens is 3. The van der Waals surface area contributed by atoms with Crippen LogP contribution in [-0.2, 0) is 6.54 Å². The van der Waals surface area contributed by atoms with Crippen molar-refractivity contribution in [3.8, 4) is 11.1 Å². The van der Waals surface area contributed by atoms with Crippen LogP contribution in [-0.4, -0.2) is 46.0 Å². The first-order valence-corrected chi connectivity index (χ1v) is 11.8. The lowest BCUT2D eigenvalue weighted by atomic mass is 10.1. The third kappa shape index (κ3) is 3.51. The molecule has 4 heterocycles. The lowest BCUT2D eigenvalue weighted by Gasteiger charge is -2.35. The molecular weight excluding hydrogens is 414 g/mol. The van der Waals surface area contributed by atoms with Gasteiger partial charge >= 0.3 is 0 Å². The Labute approximate surface area is 191 Å². The molecule has 0 spiro atoms. The fraction of sp³-hybridized carbons (Fsp3) is 0.192. The predicted molar refractivity (Wildman–Crippen MR) is 132 cm³/mol. The minimum absolute atomic E-state index is 0.926. The van der Waals surface area contributed by atoms with E-state index in [2.05, 4.69) is 79.7 Å². The fourth-order valence-electron chi connectivity index (χ4n) is 4.58. The molecule has 158 valence electrons. The van der Waals surface area contributed by atoms with E-state index in [9.17, 15) is 0 Å². The number of thiophene rings is 1. The molecule has 1 aliphatic rings. The summed E-state index contributed by atoms with van der Waals surface area (Å²) in [6.07, 6.45) is 3.59. The molecule has 2 aromatic carbocycles. The molecular formula is C26H23N5S. The Morgan fingerprint density at radius 2 is 1.66 bits per heavy atom. The van der Waals surface area contributed by atoms with Gasteiger partial charge in [-0.05, 0) is 17.2 Å². The summed E-state index contributed by atoms with van der Waals surface area (Å²) in [7, 11) is 0. The highest BCUT2D eigenvalue weighted by molar-refractivity contribution is 7.17. The number of rotatable bonds is 4. The van der Waals surface area contributed by atoms with Gasteiger partial charge in [0, 0.05) is 55.3 Å². The summed E-state index contributed by atoms with van der Waals surface area (Å²) in [5.41, 5.74) is 4.85. The Balaban J connectivity index is 1.24. The average molecular weight is 438 g/mol. The summed E-state index contributed by atoms with van der Waals surface area (Å²) in [5.74, 6) is 1.06. The first-order chi connectivity index (χ1) is 15.9. The standard InChI is InChI=1S/C26H23N5S/c1-2-6-19(7-3-1)22-17-32-26-23(22)25(28-18-29-26)31-14-12-30(13-15-31)16-21-9-4-8-20-10-5-11-27-24(20)21/h1-11,17-18H,12-16H2. The number of benzene rings is 2. The monoisotopic (exact) mass is 437 g/mol. The number of hydrogen-bond donors (Lipinski definition) is 0. The molecule has 6 rings (SSSR count). The van der Waals surface area contributed by atoms with E-state index in [0.29, 0.717) is 0 Å². The molecule has 0 bridgehead atoms. The summed E-state index contributed by atoms with van der Waals surface area (Å²) in [6, 6.07) is 21.2. The number of hydrogen-bond acceptors (Lipinski definition) is 6. The molecule has 1 fully saturated rings. The van der Waals surface area contributed by atoms with E-state index in [1.807, 2.05) is 12.3 Å². The summed E-state index contributed by atoms with van der Waals surface area (Å²) >= 11 is 1.70. The van der Waals surface area contributed by atoms with Crippen molar-refractivity contribution in [2.75, 3.05) is 31.1 Å². The van der Waals surface area contributed by atoms with Crippen LogP contribution in [0.2, 0.25) is 0 Å². The van der Waals surface area contributed by atoms with Crippen molar-refractivity contribution in [1.82, 2.24) is 19.9 Å². The smallest absolute Gasteiger partial charge is 0.141 e. The average Bonchev–Trinajstić information content (AvgIpc) is 3.30. The number of fused-ring (bicyclic) bond motifs is 2. The van der Waals surface area contributed by atoms with Crippen molar-refractivity contribution < 1.29 is 0 Å². The van der Waals surface area contributed by atoms with Gasteiger partial charge in [0.2, 0.25) is 0 Å². The summed E-state index contributed by atoms with van der Waals surface area (Å²) in [6.45, 7) is 4.83.